The topological polar surface area (TPSA) is 29.3 Å². The molecule has 0 aliphatic carbocycles. The van der Waals surface area contributed by atoms with Crippen LogP contribution >= 0.6 is 11.6 Å². The molecule has 0 bridgehead atoms. The van der Waals surface area contributed by atoms with Crippen molar-refractivity contribution < 1.29 is 0 Å². The van der Waals surface area contributed by atoms with E-state index in [4.69, 9.17) is 17.3 Å². The van der Waals surface area contributed by atoms with Crippen molar-refractivity contribution in [2.24, 2.45) is 17.6 Å². The molecule has 2 nitrogen and oxygen atoms in total. The Morgan fingerprint density at radius 2 is 2.00 bits per heavy atom. The first-order chi connectivity index (χ1) is 9.06. The van der Waals surface area contributed by atoms with Crippen LogP contribution in [-0.4, -0.2) is 24.5 Å². The summed E-state index contributed by atoms with van der Waals surface area (Å²) in [4.78, 5) is 2.56. The molecule has 2 unspecified atom stereocenters. The lowest BCUT2D eigenvalue weighted by Gasteiger charge is -2.20. The molecule has 1 aromatic carbocycles. The van der Waals surface area contributed by atoms with Crippen molar-refractivity contribution in [1.29, 1.82) is 0 Å². The lowest BCUT2D eigenvalue weighted by Crippen LogP contribution is -2.26. The Morgan fingerprint density at radius 1 is 1.32 bits per heavy atom. The summed E-state index contributed by atoms with van der Waals surface area (Å²) in [5.74, 6) is 1.67. The highest BCUT2D eigenvalue weighted by Crippen LogP contribution is 2.25. The molecule has 2 atom stereocenters. The van der Waals surface area contributed by atoms with Crippen LogP contribution in [0.4, 0.5) is 0 Å². The predicted octanol–water partition coefficient (Wildman–Crippen LogP) is 3.71. The quantitative estimate of drug-likeness (QED) is 0.891. The first-order valence-electron chi connectivity index (χ1n) is 7.29. The molecule has 0 saturated carbocycles. The fraction of sp³-hybridized carbons (Fsp3) is 0.625. The molecule has 1 fully saturated rings. The molecule has 2 N–H and O–H groups in total. The summed E-state index contributed by atoms with van der Waals surface area (Å²) < 4.78 is 0. The van der Waals surface area contributed by atoms with E-state index in [0.29, 0.717) is 0 Å². The summed E-state index contributed by atoms with van der Waals surface area (Å²) in [6.07, 6.45) is 2.36. The Morgan fingerprint density at radius 3 is 2.58 bits per heavy atom. The average molecular weight is 281 g/mol. The Labute approximate surface area is 121 Å². The van der Waals surface area contributed by atoms with Crippen LogP contribution in [-0.2, 0) is 0 Å². The van der Waals surface area contributed by atoms with Gasteiger partial charge in [-0.25, -0.2) is 0 Å². The molecule has 106 valence electrons. The van der Waals surface area contributed by atoms with E-state index in [-0.39, 0.29) is 6.04 Å². The Kier molecular flexibility index (Phi) is 5.26. The first kappa shape index (κ1) is 14.8. The van der Waals surface area contributed by atoms with Gasteiger partial charge in [-0.1, -0.05) is 37.6 Å². The number of benzene rings is 1. The summed E-state index contributed by atoms with van der Waals surface area (Å²) in [5, 5.41) is 0.773. The Bertz CT molecular complexity index is 388. The largest absolute Gasteiger partial charge is 0.324 e. The zero-order chi connectivity index (χ0) is 13.8. The molecule has 0 radical (unpaired) electrons. The number of rotatable bonds is 5. The third kappa shape index (κ3) is 4.20. The van der Waals surface area contributed by atoms with E-state index in [1.165, 1.54) is 25.1 Å². The van der Waals surface area contributed by atoms with E-state index in [1.807, 2.05) is 24.3 Å². The monoisotopic (exact) mass is 280 g/mol. The fourth-order valence-electron chi connectivity index (χ4n) is 2.81. The summed E-state index contributed by atoms with van der Waals surface area (Å²) in [6.45, 7) is 8.23. The lowest BCUT2D eigenvalue weighted by molar-refractivity contribution is 0.292. The van der Waals surface area contributed by atoms with Gasteiger partial charge in [-0.3, -0.25) is 0 Å². The predicted molar refractivity (Wildman–Crippen MR) is 82.4 cm³/mol. The second-order valence-electron chi connectivity index (χ2n) is 6.04. The molecular weight excluding hydrogens is 256 g/mol. The Hall–Kier alpha value is -0.570. The van der Waals surface area contributed by atoms with E-state index in [2.05, 4.69) is 18.7 Å². The van der Waals surface area contributed by atoms with Crippen LogP contribution in [0.5, 0.6) is 0 Å². The van der Waals surface area contributed by atoms with Gasteiger partial charge >= 0.3 is 0 Å². The highest BCUT2D eigenvalue weighted by Gasteiger charge is 2.24. The first-order valence-corrected chi connectivity index (χ1v) is 7.67. The minimum atomic E-state index is 0.121. The highest BCUT2D eigenvalue weighted by molar-refractivity contribution is 6.30. The van der Waals surface area contributed by atoms with E-state index >= 15 is 0 Å². The smallest absolute Gasteiger partial charge is 0.0406 e. The fourth-order valence-corrected chi connectivity index (χ4v) is 2.93. The van der Waals surface area contributed by atoms with Crippen molar-refractivity contribution in [3.05, 3.63) is 34.9 Å². The Balaban J connectivity index is 1.78. The summed E-state index contributed by atoms with van der Waals surface area (Å²) >= 11 is 5.89. The van der Waals surface area contributed by atoms with E-state index in [1.54, 1.807) is 0 Å². The molecule has 2 rings (SSSR count). The SMILES string of the molecule is CC(C)C1CCN(CCC(N)c2ccc(Cl)cc2)C1. The van der Waals surface area contributed by atoms with Gasteiger partial charge in [0.05, 0.1) is 0 Å². The molecule has 1 saturated heterocycles. The number of hydrogen-bond acceptors (Lipinski definition) is 2. The maximum Gasteiger partial charge on any atom is 0.0406 e. The number of nitrogens with zero attached hydrogens (tertiary/aromatic N) is 1. The van der Waals surface area contributed by atoms with Crippen molar-refractivity contribution in [3.63, 3.8) is 0 Å². The molecular formula is C16H25ClN2. The molecule has 1 aromatic rings. The van der Waals surface area contributed by atoms with Crippen molar-refractivity contribution in [1.82, 2.24) is 4.90 Å². The minimum Gasteiger partial charge on any atom is -0.324 e. The maximum absolute atomic E-state index is 6.25. The van der Waals surface area contributed by atoms with Crippen molar-refractivity contribution >= 4 is 11.6 Å². The second-order valence-corrected chi connectivity index (χ2v) is 6.48. The number of likely N-dealkylation sites (tertiary alicyclic amines) is 1. The molecule has 3 heteroatoms. The molecule has 19 heavy (non-hydrogen) atoms. The maximum atomic E-state index is 6.25. The van der Waals surface area contributed by atoms with Gasteiger partial charge in [0, 0.05) is 17.6 Å². The lowest BCUT2D eigenvalue weighted by atomic mass is 9.95. The van der Waals surface area contributed by atoms with Gasteiger partial charge in [0.1, 0.15) is 0 Å². The highest BCUT2D eigenvalue weighted by atomic mass is 35.5. The normalized spacial score (nSPS) is 22.1. The van der Waals surface area contributed by atoms with E-state index in [0.717, 1.165) is 29.8 Å². The second kappa shape index (κ2) is 6.74. The number of halogens is 1. The van der Waals surface area contributed by atoms with Gasteiger partial charge in [-0.05, 0) is 55.5 Å². The van der Waals surface area contributed by atoms with Crippen molar-refractivity contribution in [2.75, 3.05) is 19.6 Å². The van der Waals surface area contributed by atoms with Crippen molar-refractivity contribution in [3.8, 4) is 0 Å². The molecule has 0 spiro atoms. The van der Waals surface area contributed by atoms with Crippen LogP contribution in [0.15, 0.2) is 24.3 Å². The van der Waals surface area contributed by atoms with Crippen LogP contribution in [0.25, 0.3) is 0 Å². The van der Waals surface area contributed by atoms with Crippen LogP contribution < -0.4 is 5.73 Å². The van der Waals surface area contributed by atoms with Gasteiger partial charge < -0.3 is 10.6 Å². The molecule has 1 heterocycles. The van der Waals surface area contributed by atoms with E-state index in [9.17, 15) is 0 Å². The van der Waals surface area contributed by atoms with Gasteiger partial charge in [-0.15, -0.1) is 0 Å². The van der Waals surface area contributed by atoms with Gasteiger partial charge in [-0.2, -0.15) is 0 Å². The third-order valence-electron chi connectivity index (χ3n) is 4.31. The van der Waals surface area contributed by atoms with Crippen LogP contribution in [0, 0.1) is 11.8 Å². The van der Waals surface area contributed by atoms with Crippen LogP contribution in [0.1, 0.15) is 38.3 Å². The van der Waals surface area contributed by atoms with E-state index < -0.39 is 0 Å². The zero-order valence-corrected chi connectivity index (χ0v) is 12.7. The van der Waals surface area contributed by atoms with Crippen LogP contribution in [0.3, 0.4) is 0 Å². The summed E-state index contributed by atoms with van der Waals surface area (Å²) in [5.41, 5.74) is 7.43. The molecule has 1 aliphatic heterocycles. The molecule has 0 aromatic heterocycles. The number of nitrogens with two attached hydrogens (primary N) is 1. The summed E-state index contributed by atoms with van der Waals surface area (Å²) in [7, 11) is 0. The van der Waals surface area contributed by atoms with Gasteiger partial charge in [0.2, 0.25) is 0 Å². The van der Waals surface area contributed by atoms with Crippen LogP contribution in [0.2, 0.25) is 5.02 Å². The average Bonchev–Trinajstić information content (AvgIpc) is 2.86. The standard InChI is InChI=1S/C16H25ClN2/c1-12(2)14-7-9-19(11-14)10-8-16(18)13-3-5-15(17)6-4-13/h3-6,12,14,16H,7-11,18H2,1-2H3. The van der Waals surface area contributed by atoms with Gasteiger partial charge in [0.15, 0.2) is 0 Å². The van der Waals surface area contributed by atoms with Gasteiger partial charge in [0.25, 0.3) is 0 Å². The zero-order valence-electron chi connectivity index (χ0n) is 12.0. The molecule has 1 aliphatic rings. The molecule has 0 amide bonds. The summed E-state index contributed by atoms with van der Waals surface area (Å²) in [6, 6.07) is 8.03. The number of hydrogen-bond donors (Lipinski definition) is 1. The van der Waals surface area contributed by atoms with Crippen molar-refractivity contribution in [2.45, 2.75) is 32.7 Å². The third-order valence-corrected chi connectivity index (χ3v) is 4.56. The minimum absolute atomic E-state index is 0.121.